The highest BCUT2D eigenvalue weighted by atomic mass is 32.1. The first-order chi connectivity index (χ1) is 32.4. The molecule has 14 heteroatoms. The van der Waals surface area contributed by atoms with Gasteiger partial charge in [-0.2, -0.15) is 0 Å². The highest BCUT2D eigenvalue weighted by Crippen LogP contribution is 2.45. The fraction of sp³-hybridized carbons (Fsp3) is 0.679. The number of ether oxygens (including phenoxy) is 5. The molecule has 3 atom stereocenters. The smallest absolute Gasteiger partial charge is 0.204 e. The maximum absolute atomic E-state index is 8.58. The molecule has 4 aliphatic rings. The number of likely N-dealkylation sites (tertiary alicyclic amines) is 2. The molecule has 0 spiro atoms. The molecule has 372 valence electrons. The highest BCUT2D eigenvalue weighted by Gasteiger charge is 2.43. The van der Waals surface area contributed by atoms with Crippen LogP contribution < -0.4 is 11.5 Å². The SMILES string of the molecule is CC.COCC(C)(C)Cc1c(-c2cc(C3CCN(C4CC4)C3)cnc2C(C)OC)n(CCOC2CCOCC2)c2ccc(-c3csc(C(CCCCCN)N4CC(C)(OC)C4)n3)cc12.NC=O. The third-order valence-corrected chi connectivity index (χ3v) is 15.1. The number of nitrogens with zero attached hydrogens (tertiary/aromatic N) is 5. The van der Waals surface area contributed by atoms with Crippen molar-refractivity contribution in [2.75, 3.05) is 80.5 Å². The number of aromatic nitrogens is 3. The zero-order chi connectivity index (χ0) is 48.1. The summed E-state index contributed by atoms with van der Waals surface area (Å²) in [5.74, 6) is 0.464. The van der Waals surface area contributed by atoms with Gasteiger partial charge in [0.2, 0.25) is 6.41 Å². The summed E-state index contributed by atoms with van der Waals surface area (Å²) in [5.41, 5.74) is 19.2. The van der Waals surface area contributed by atoms with Crippen molar-refractivity contribution in [2.24, 2.45) is 16.9 Å². The van der Waals surface area contributed by atoms with Gasteiger partial charge in [-0.25, -0.2) is 4.98 Å². The number of unbranched alkanes of at least 4 members (excludes halogenated alkanes) is 2. The Balaban J connectivity index is 0.00000142. The summed E-state index contributed by atoms with van der Waals surface area (Å²) in [5, 5.41) is 4.70. The van der Waals surface area contributed by atoms with E-state index in [0.29, 0.717) is 19.1 Å². The molecule has 6 heterocycles. The van der Waals surface area contributed by atoms with Crippen molar-refractivity contribution < 1.29 is 28.5 Å². The van der Waals surface area contributed by atoms with Gasteiger partial charge in [-0.05, 0) is 119 Å². The van der Waals surface area contributed by atoms with Crippen molar-refractivity contribution in [3.8, 4) is 22.5 Å². The van der Waals surface area contributed by atoms with Crippen LogP contribution in [0.15, 0.2) is 35.8 Å². The largest absolute Gasteiger partial charge is 0.384 e. The van der Waals surface area contributed by atoms with E-state index in [1.54, 1.807) is 18.4 Å². The minimum atomic E-state index is -0.184. The number of fused-ring (bicyclic) bond motifs is 1. The van der Waals surface area contributed by atoms with Crippen LogP contribution in [0.2, 0.25) is 0 Å². The van der Waals surface area contributed by atoms with Crippen molar-refractivity contribution in [3.63, 3.8) is 0 Å². The molecule has 1 saturated carbocycles. The first kappa shape index (κ1) is 53.0. The summed E-state index contributed by atoms with van der Waals surface area (Å²) in [6.45, 7) is 21.3. The summed E-state index contributed by atoms with van der Waals surface area (Å²) in [4.78, 5) is 24.6. The zero-order valence-electron chi connectivity index (χ0n) is 42.3. The van der Waals surface area contributed by atoms with Gasteiger partial charge in [0.25, 0.3) is 0 Å². The first-order valence-electron chi connectivity index (χ1n) is 25.2. The Morgan fingerprint density at radius 1 is 1.04 bits per heavy atom. The van der Waals surface area contributed by atoms with Crippen LogP contribution in [0.4, 0.5) is 0 Å². The predicted octanol–water partition coefficient (Wildman–Crippen LogP) is 9.31. The Labute approximate surface area is 405 Å². The third-order valence-electron chi connectivity index (χ3n) is 14.2. The molecule has 67 heavy (non-hydrogen) atoms. The quantitative estimate of drug-likeness (QED) is 0.0573. The average Bonchev–Trinajstić information content (AvgIpc) is 3.71. The molecule has 8 rings (SSSR count). The standard InChI is InChI=1S/C50H74N6O5S.C2H6.CH3NO/c1-34(58-6)46-41(26-37(28-52-46)36-16-20-54(29-36)38-13-14-38)47-42(27-49(2,3)33-57-5)40-25-35(12-15-44(40)56(47)21-24-61-39-17-22-60-23-18-39)43-30-62-48(53-43)45(11-9-8-10-19-51)55-31-50(4,32-55)59-7;1-2;2-1-3/h12,15,25-26,28,30,34,36,38-39,45H,8-11,13-14,16-24,27,29,31-33,51H2,1-7H3;1-2H3;1H,(H2,2,3). The fourth-order valence-electron chi connectivity index (χ4n) is 10.4. The number of methoxy groups -OCH3 is 3. The van der Waals surface area contributed by atoms with Crippen molar-refractivity contribution >= 4 is 28.6 Å². The van der Waals surface area contributed by atoms with Gasteiger partial charge in [-0.1, -0.05) is 46.6 Å². The van der Waals surface area contributed by atoms with Gasteiger partial charge in [0, 0.05) is 100 Å². The number of amides is 1. The summed E-state index contributed by atoms with van der Waals surface area (Å²) >= 11 is 1.79. The van der Waals surface area contributed by atoms with Crippen molar-refractivity contribution in [1.82, 2.24) is 24.3 Å². The van der Waals surface area contributed by atoms with Crippen molar-refractivity contribution in [1.29, 1.82) is 0 Å². The zero-order valence-corrected chi connectivity index (χ0v) is 43.1. The number of rotatable bonds is 22. The monoisotopic (exact) mass is 946 g/mol. The van der Waals surface area contributed by atoms with Crippen LogP contribution in [0.3, 0.4) is 0 Å². The lowest BCUT2D eigenvalue weighted by atomic mass is 9.84. The van der Waals surface area contributed by atoms with Crippen LogP contribution in [0.5, 0.6) is 0 Å². The molecule has 0 radical (unpaired) electrons. The molecule has 0 bridgehead atoms. The molecule has 1 aliphatic carbocycles. The number of hydrogen-bond acceptors (Lipinski definition) is 12. The molecule has 4 fully saturated rings. The Morgan fingerprint density at radius 3 is 2.46 bits per heavy atom. The Bertz CT molecular complexity index is 2140. The maximum atomic E-state index is 8.58. The minimum absolute atomic E-state index is 0.0989. The van der Waals surface area contributed by atoms with Crippen LogP contribution in [-0.2, 0) is 41.4 Å². The number of benzene rings is 1. The number of carbonyl (C=O) groups excluding carboxylic acids is 1. The van der Waals surface area contributed by atoms with E-state index >= 15 is 0 Å². The molecule has 4 aromatic rings. The van der Waals surface area contributed by atoms with Crippen LogP contribution in [0.1, 0.15) is 139 Å². The Morgan fingerprint density at radius 2 is 1.79 bits per heavy atom. The molecular formula is C53H83N7O6S. The fourth-order valence-corrected chi connectivity index (χ4v) is 11.4. The molecule has 4 N–H and O–H groups in total. The topological polar surface area (TPSA) is 152 Å². The summed E-state index contributed by atoms with van der Waals surface area (Å²) in [6.07, 6.45) is 13.4. The minimum Gasteiger partial charge on any atom is -0.384 e. The van der Waals surface area contributed by atoms with Crippen LogP contribution in [-0.4, -0.2) is 129 Å². The van der Waals surface area contributed by atoms with E-state index in [4.69, 9.17) is 44.2 Å². The first-order valence-corrected chi connectivity index (χ1v) is 26.0. The van der Waals surface area contributed by atoms with Crippen LogP contribution in [0.25, 0.3) is 33.4 Å². The normalized spacial score (nSPS) is 19.9. The average molecular weight is 946 g/mol. The van der Waals surface area contributed by atoms with Gasteiger partial charge in [-0.3, -0.25) is 19.6 Å². The lowest BCUT2D eigenvalue weighted by Crippen LogP contribution is -2.61. The van der Waals surface area contributed by atoms with Gasteiger partial charge in [0.05, 0.1) is 54.1 Å². The number of carbonyl (C=O) groups is 1. The second kappa shape index (κ2) is 25.0. The van der Waals surface area contributed by atoms with E-state index in [9.17, 15) is 0 Å². The number of thiazole rings is 1. The van der Waals surface area contributed by atoms with Crippen LogP contribution >= 0.6 is 11.3 Å². The van der Waals surface area contributed by atoms with E-state index in [1.165, 1.54) is 64.1 Å². The van der Waals surface area contributed by atoms with E-state index in [2.05, 4.69) is 83.6 Å². The van der Waals surface area contributed by atoms with E-state index in [1.807, 2.05) is 28.1 Å². The lowest BCUT2D eigenvalue weighted by molar-refractivity contribution is -0.128. The van der Waals surface area contributed by atoms with Gasteiger partial charge in [0.1, 0.15) is 5.01 Å². The summed E-state index contributed by atoms with van der Waals surface area (Å²) < 4.78 is 32.7. The molecule has 3 unspecified atom stereocenters. The summed E-state index contributed by atoms with van der Waals surface area (Å²) in [6, 6.07) is 10.5. The Hall–Kier alpha value is -3.31. The molecule has 1 amide bonds. The number of primary amides is 1. The number of hydrogen-bond donors (Lipinski definition) is 2. The maximum Gasteiger partial charge on any atom is 0.204 e. The second-order valence-corrected chi connectivity index (χ2v) is 20.8. The molecule has 3 aromatic heterocycles. The Kier molecular flexibility index (Phi) is 19.8. The van der Waals surface area contributed by atoms with Crippen LogP contribution in [0, 0.1) is 5.41 Å². The second-order valence-electron chi connectivity index (χ2n) is 19.9. The molecule has 3 aliphatic heterocycles. The van der Waals surface area contributed by atoms with Crippen molar-refractivity contribution in [2.45, 2.75) is 148 Å². The molecule has 3 saturated heterocycles. The van der Waals surface area contributed by atoms with Crippen molar-refractivity contribution in [3.05, 3.63) is 57.7 Å². The molecular weight excluding hydrogens is 863 g/mol. The summed E-state index contributed by atoms with van der Waals surface area (Å²) in [7, 11) is 5.45. The van der Waals surface area contributed by atoms with Gasteiger partial charge in [0.15, 0.2) is 0 Å². The molecule has 1 aromatic carbocycles. The van der Waals surface area contributed by atoms with Gasteiger partial charge >= 0.3 is 0 Å². The number of pyridine rings is 1. The highest BCUT2D eigenvalue weighted by molar-refractivity contribution is 7.10. The third kappa shape index (κ3) is 13.3. The van der Waals surface area contributed by atoms with Gasteiger partial charge in [-0.15, -0.1) is 11.3 Å². The van der Waals surface area contributed by atoms with E-state index in [0.717, 1.165) is 114 Å². The molecule has 13 nitrogen and oxygen atoms in total. The van der Waals surface area contributed by atoms with E-state index < -0.39 is 0 Å². The van der Waals surface area contributed by atoms with E-state index in [-0.39, 0.29) is 35.7 Å². The van der Waals surface area contributed by atoms with Gasteiger partial charge < -0.3 is 39.7 Å². The lowest BCUT2D eigenvalue weighted by Gasteiger charge is -2.50. The predicted molar refractivity (Wildman–Crippen MR) is 272 cm³/mol. The number of nitrogens with two attached hydrogens (primary N) is 2.